The molecule has 1 fully saturated rings. The van der Waals surface area contributed by atoms with E-state index in [1.165, 1.54) is 12.1 Å². The molecule has 1 unspecified atom stereocenters. The molecule has 1 aromatic carbocycles. The number of hydrogen-bond acceptors (Lipinski definition) is 3. The monoisotopic (exact) mass is 280 g/mol. The first-order valence-electron chi connectivity index (χ1n) is 6.99. The molecule has 1 aliphatic rings. The highest BCUT2D eigenvalue weighted by Gasteiger charge is 2.25. The van der Waals surface area contributed by atoms with Gasteiger partial charge in [-0.05, 0) is 44.4 Å². The summed E-state index contributed by atoms with van der Waals surface area (Å²) in [6, 6.07) is 4.37. The maximum atomic E-state index is 13.9. The van der Waals surface area contributed by atoms with Gasteiger partial charge in [0.25, 0.3) is 5.91 Å². The highest BCUT2D eigenvalue weighted by atomic mass is 19.1. The molecule has 0 aromatic heterocycles. The number of benzene rings is 1. The second kappa shape index (κ2) is 6.22. The summed E-state index contributed by atoms with van der Waals surface area (Å²) in [6.45, 7) is 4.96. The Kier molecular flexibility index (Phi) is 4.60. The number of likely N-dealkylation sites (tertiary alicyclic amines) is 1. The highest BCUT2D eigenvalue weighted by molar-refractivity contribution is 5.81. The number of amides is 1. The molecular weight excluding hydrogens is 259 g/mol. The zero-order valence-electron chi connectivity index (χ0n) is 11.9. The van der Waals surface area contributed by atoms with Gasteiger partial charge in [0, 0.05) is 19.1 Å². The van der Waals surface area contributed by atoms with E-state index in [0.717, 1.165) is 25.9 Å². The first kappa shape index (κ1) is 14.8. The van der Waals surface area contributed by atoms with E-state index in [-0.39, 0.29) is 17.7 Å². The second-order valence-electron chi connectivity index (χ2n) is 5.27. The molecule has 5 heteroatoms. The molecule has 2 N–H and O–H groups in total. The van der Waals surface area contributed by atoms with E-state index < -0.39 is 11.9 Å². The van der Waals surface area contributed by atoms with E-state index in [0.29, 0.717) is 5.56 Å². The van der Waals surface area contributed by atoms with Gasteiger partial charge in [0.1, 0.15) is 0 Å². The van der Waals surface area contributed by atoms with Gasteiger partial charge in [-0.1, -0.05) is 6.07 Å². The van der Waals surface area contributed by atoms with Crippen molar-refractivity contribution in [1.82, 2.24) is 4.90 Å². The minimum absolute atomic E-state index is 0.0850. The Labute approximate surface area is 118 Å². The van der Waals surface area contributed by atoms with E-state index in [1.807, 2.05) is 0 Å². The van der Waals surface area contributed by atoms with E-state index >= 15 is 0 Å². The Balaban J connectivity index is 2.03. The normalized spacial score (nSPS) is 17.9. The minimum atomic E-state index is -0.677. The lowest BCUT2D eigenvalue weighted by Gasteiger charge is -2.21. The fraction of sp³-hybridized carbons (Fsp3) is 0.533. The van der Waals surface area contributed by atoms with Crippen LogP contribution in [0.15, 0.2) is 18.2 Å². The zero-order valence-corrected chi connectivity index (χ0v) is 11.9. The van der Waals surface area contributed by atoms with Crippen LogP contribution in [0.25, 0.3) is 0 Å². The molecule has 110 valence electrons. The summed E-state index contributed by atoms with van der Waals surface area (Å²) in [5, 5.41) is 0. The van der Waals surface area contributed by atoms with Crippen LogP contribution in [0.2, 0.25) is 0 Å². The Morgan fingerprint density at radius 2 is 2.00 bits per heavy atom. The number of rotatable bonds is 4. The molecular formula is C15H21FN2O2. The lowest BCUT2D eigenvalue weighted by atomic mass is 10.1. The van der Waals surface area contributed by atoms with Gasteiger partial charge in [0.05, 0.1) is 0 Å². The molecule has 0 bridgehead atoms. The topological polar surface area (TPSA) is 55.6 Å². The predicted molar refractivity (Wildman–Crippen MR) is 74.9 cm³/mol. The molecule has 1 heterocycles. The molecule has 1 aliphatic heterocycles. The molecule has 0 saturated carbocycles. The number of ether oxygens (including phenoxy) is 1. The van der Waals surface area contributed by atoms with Crippen LogP contribution in [0.4, 0.5) is 4.39 Å². The average Bonchev–Trinajstić information content (AvgIpc) is 2.93. The number of nitrogens with zero attached hydrogens (tertiary/aromatic N) is 1. The third kappa shape index (κ3) is 3.28. The molecule has 4 nitrogen and oxygen atoms in total. The minimum Gasteiger partial charge on any atom is -0.478 e. The van der Waals surface area contributed by atoms with Gasteiger partial charge in [-0.15, -0.1) is 0 Å². The van der Waals surface area contributed by atoms with Crippen molar-refractivity contribution in [1.29, 1.82) is 0 Å². The lowest BCUT2D eigenvalue weighted by molar-refractivity contribution is -0.136. The predicted octanol–water partition coefficient (Wildman–Crippen LogP) is 2.24. The molecule has 1 aromatic rings. The first-order valence-corrected chi connectivity index (χ1v) is 6.99. The number of carbonyl (C=O) groups excluding carboxylic acids is 1. The molecule has 0 aliphatic carbocycles. The van der Waals surface area contributed by atoms with Crippen molar-refractivity contribution < 1.29 is 13.9 Å². The molecule has 0 spiro atoms. The van der Waals surface area contributed by atoms with Crippen LogP contribution in [-0.4, -0.2) is 30.0 Å². The molecule has 2 rings (SSSR count). The van der Waals surface area contributed by atoms with E-state index in [4.69, 9.17) is 10.5 Å². The van der Waals surface area contributed by atoms with Crippen LogP contribution in [0.3, 0.4) is 0 Å². The fourth-order valence-corrected chi connectivity index (χ4v) is 2.33. The number of hydrogen-bond donors (Lipinski definition) is 1. The average molecular weight is 280 g/mol. The van der Waals surface area contributed by atoms with Gasteiger partial charge in [0.2, 0.25) is 0 Å². The summed E-state index contributed by atoms with van der Waals surface area (Å²) in [7, 11) is 0. The van der Waals surface area contributed by atoms with Crippen molar-refractivity contribution in [2.24, 2.45) is 5.73 Å². The lowest BCUT2D eigenvalue weighted by Crippen LogP contribution is -2.38. The standard InChI is InChI=1S/C15H21FN2O2/c1-10(17)12-5-6-14(13(16)9-12)20-11(2)15(19)18-7-3-4-8-18/h5-6,9-11H,3-4,7-8,17H2,1-2H3/t10-,11?/m1/s1. The Hall–Kier alpha value is -1.62. The van der Waals surface area contributed by atoms with Crippen LogP contribution in [-0.2, 0) is 4.79 Å². The van der Waals surface area contributed by atoms with Gasteiger partial charge < -0.3 is 15.4 Å². The summed E-state index contributed by atoms with van der Waals surface area (Å²) >= 11 is 0. The van der Waals surface area contributed by atoms with Gasteiger partial charge in [0.15, 0.2) is 17.7 Å². The van der Waals surface area contributed by atoms with Crippen molar-refractivity contribution in [2.75, 3.05) is 13.1 Å². The maximum absolute atomic E-state index is 13.9. The summed E-state index contributed by atoms with van der Waals surface area (Å²) in [5.74, 6) is -0.478. The van der Waals surface area contributed by atoms with Crippen molar-refractivity contribution in [3.63, 3.8) is 0 Å². The molecule has 2 atom stereocenters. The smallest absolute Gasteiger partial charge is 0.263 e. The van der Waals surface area contributed by atoms with E-state index in [9.17, 15) is 9.18 Å². The summed E-state index contributed by atoms with van der Waals surface area (Å²) < 4.78 is 19.4. The number of carbonyl (C=O) groups is 1. The summed E-state index contributed by atoms with van der Waals surface area (Å²) in [4.78, 5) is 13.9. The van der Waals surface area contributed by atoms with Crippen LogP contribution in [0, 0.1) is 5.82 Å². The Morgan fingerprint density at radius 3 is 2.55 bits per heavy atom. The first-order chi connectivity index (χ1) is 9.49. The van der Waals surface area contributed by atoms with Gasteiger partial charge >= 0.3 is 0 Å². The van der Waals surface area contributed by atoms with E-state index in [2.05, 4.69) is 0 Å². The van der Waals surface area contributed by atoms with Crippen LogP contribution in [0.5, 0.6) is 5.75 Å². The summed E-state index contributed by atoms with van der Waals surface area (Å²) in [6.07, 6.45) is 1.37. The molecule has 0 radical (unpaired) electrons. The van der Waals surface area contributed by atoms with Crippen molar-refractivity contribution in [3.8, 4) is 5.75 Å². The Morgan fingerprint density at radius 1 is 1.35 bits per heavy atom. The third-order valence-corrected chi connectivity index (χ3v) is 3.55. The van der Waals surface area contributed by atoms with Crippen LogP contribution in [0.1, 0.15) is 38.3 Å². The van der Waals surface area contributed by atoms with Gasteiger partial charge in [-0.2, -0.15) is 0 Å². The molecule has 1 saturated heterocycles. The largest absolute Gasteiger partial charge is 0.478 e. The SMILES string of the molecule is CC(Oc1ccc([C@@H](C)N)cc1F)C(=O)N1CCCC1. The van der Waals surface area contributed by atoms with Crippen LogP contribution >= 0.6 is 0 Å². The third-order valence-electron chi connectivity index (χ3n) is 3.55. The maximum Gasteiger partial charge on any atom is 0.263 e. The molecule has 20 heavy (non-hydrogen) atoms. The quantitative estimate of drug-likeness (QED) is 0.920. The molecule has 1 amide bonds. The second-order valence-corrected chi connectivity index (χ2v) is 5.27. The van der Waals surface area contributed by atoms with Gasteiger partial charge in [-0.25, -0.2) is 4.39 Å². The Bertz CT molecular complexity index is 485. The summed E-state index contributed by atoms with van der Waals surface area (Å²) in [5.41, 5.74) is 6.40. The number of nitrogens with two attached hydrogens (primary N) is 1. The van der Waals surface area contributed by atoms with Gasteiger partial charge in [-0.3, -0.25) is 4.79 Å². The number of halogens is 1. The van der Waals surface area contributed by atoms with Crippen molar-refractivity contribution in [2.45, 2.75) is 38.8 Å². The van der Waals surface area contributed by atoms with Crippen molar-refractivity contribution in [3.05, 3.63) is 29.6 Å². The zero-order chi connectivity index (χ0) is 14.7. The highest BCUT2D eigenvalue weighted by Crippen LogP contribution is 2.23. The van der Waals surface area contributed by atoms with E-state index in [1.54, 1.807) is 24.8 Å². The fourth-order valence-electron chi connectivity index (χ4n) is 2.33. The van der Waals surface area contributed by atoms with Crippen LogP contribution < -0.4 is 10.5 Å². The van der Waals surface area contributed by atoms with Crippen molar-refractivity contribution >= 4 is 5.91 Å².